The summed E-state index contributed by atoms with van der Waals surface area (Å²) in [5, 5.41) is 10.6. The minimum Gasteiger partial charge on any atom is -0.389 e. The van der Waals surface area contributed by atoms with Crippen molar-refractivity contribution in [3.05, 3.63) is 75.5 Å². The summed E-state index contributed by atoms with van der Waals surface area (Å²) in [7, 11) is 0. The number of fused-ring (bicyclic) bond motifs is 1. The van der Waals surface area contributed by atoms with Crippen LogP contribution in [0.15, 0.2) is 42.5 Å². The largest absolute Gasteiger partial charge is 0.389 e. The lowest BCUT2D eigenvalue weighted by atomic mass is 9.74. The molecule has 3 nitrogen and oxygen atoms in total. The van der Waals surface area contributed by atoms with Crippen molar-refractivity contribution in [2.75, 3.05) is 6.61 Å². The Kier molecular flexibility index (Phi) is 4.44. The Morgan fingerprint density at radius 3 is 2.74 bits per heavy atom. The zero-order valence-corrected chi connectivity index (χ0v) is 16.1. The highest BCUT2D eigenvalue weighted by Crippen LogP contribution is 2.50. The van der Waals surface area contributed by atoms with E-state index in [1.165, 1.54) is 17.4 Å². The second-order valence-corrected chi connectivity index (χ2v) is 8.01. The Balaban J connectivity index is 1.94. The minimum absolute atomic E-state index is 0.296. The van der Waals surface area contributed by atoms with E-state index in [4.69, 9.17) is 4.98 Å². The number of aliphatic hydroxyl groups excluding tert-OH is 1. The minimum atomic E-state index is -1.02. The van der Waals surface area contributed by atoms with E-state index < -0.39 is 12.0 Å². The zero-order chi connectivity index (χ0) is 19.2. The number of Topliss-reactive ketones (excluding diaryl/α,β-unsaturated/α-hetero) is 1. The molecule has 3 aromatic rings. The van der Waals surface area contributed by atoms with Crippen molar-refractivity contribution in [2.45, 2.75) is 32.1 Å². The molecule has 1 aromatic heterocycles. The molecule has 4 rings (SSSR count). The van der Waals surface area contributed by atoms with Crippen LogP contribution in [0.3, 0.4) is 0 Å². The maximum atomic E-state index is 14.3. The first-order chi connectivity index (χ1) is 13.0. The number of hydrogen-bond donors (Lipinski definition) is 1. The molecule has 0 aliphatic heterocycles. The molecule has 0 spiro atoms. The number of rotatable bonds is 4. The summed E-state index contributed by atoms with van der Waals surface area (Å²) in [6.45, 7) is 3.15. The SMILES string of the molecule is Cc1ccccc1-c1nc2c(s1)[C@](C(=O)CO)(c1cccc(F)c1C)CC2. The van der Waals surface area contributed by atoms with Crippen LogP contribution in [0, 0.1) is 19.7 Å². The Bertz CT molecular complexity index is 1040. The van der Waals surface area contributed by atoms with Gasteiger partial charge in [0, 0.05) is 10.4 Å². The molecule has 0 saturated heterocycles. The lowest BCUT2D eigenvalue weighted by Gasteiger charge is -2.29. The first-order valence-corrected chi connectivity index (χ1v) is 9.76. The van der Waals surface area contributed by atoms with Crippen LogP contribution in [0.5, 0.6) is 0 Å². The first kappa shape index (κ1) is 18.0. The Labute approximate surface area is 161 Å². The smallest absolute Gasteiger partial charge is 0.173 e. The number of carbonyl (C=O) groups excluding carboxylic acids is 1. The Morgan fingerprint density at radius 1 is 1.22 bits per heavy atom. The Morgan fingerprint density at radius 2 is 2.00 bits per heavy atom. The summed E-state index contributed by atoms with van der Waals surface area (Å²) in [6.07, 6.45) is 1.15. The molecule has 1 heterocycles. The maximum Gasteiger partial charge on any atom is 0.173 e. The van der Waals surface area contributed by atoms with Crippen LogP contribution in [-0.2, 0) is 16.6 Å². The molecule has 0 radical (unpaired) electrons. The van der Waals surface area contributed by atoms with Gasteiger partial charge >= 0.3 is 0 Å². The van der Waals surface area contributed by atoms with E-state index in [0.717, 1.165) is 26.7 Å². The number of hydrogen-bond acceptors (Lipinski definition) is 4. The standard InChI is InChI=1S/C22H20FNO2S/c1-13-6-3-4-7-15(13)21-24-18-10-11-22(19(26)12-25,20(18)27-21)16-8-5-9-17(23)14(16)2/h3-9,25H,10-12H2,1-2H3/t22-/m0/s1. The zero-order valence-electron chi connectivity index (χ0n) is 15.3. The van der Waals surface area contributed by atoms with E-state index in [0.29, 0.717) is 24.0 Å². The number of aryl methyl sites for hydroxylation is 2. The van der Waals surface area contributed by atoms with Crippen molar-refractivity contribution >= 4 is 17.1 Å². The van der Waals surface area contributed by atoms with Gasteiger partial charge in [0.25, 0.3) is 0 Å². The van der Waals surface area contributed by atoms with Gasteiger partial charge in [-0.3, -0.25) is 4.79 Å². The van der Waals surface area contributed by atoms with Gasteiger partial charge in [0.15, 0.2) is 5.78 Å². The molecule has 1 atom stereocenters. The molecule has 5 heteroatoms. The molecular weight excluding hydrogens is 361 g/mol. The lowest BCUT2D eigenvalue weighted by molar-refractivity contribution is -0.125. The normalized spacial score (nSPS) is 18.5. The molecule has 1 aliphatic carbocycles. The summed E-state index contributed by atoms with van der Waals surface area (Å²) in [5.74, 6) is -0.635. The fraction of sp³-hybridized carbons (Fsp3) is 0.273. The van der Waals surface area contributed by atoms with Crippen molar-refractivity contribution in [3.63, 3.8) is 0 Å². The maximum absolute atomic E-state index is 14.3. The van der Waals surface area contributed by atoms with Crippen LogP contribution >= 0.6 is 11.3 Å². The number of benzene rings is 2. The highest BCUT2D eigenvalue weighted by atomic mass is 32.1. The predicted octanol–water partition coefficient (Wildman–Crippen LogP) is 4.36. The van der Waals surface area contributed by atoms with Gasteiger partial charge in [0.1, 0.15) is 17.4 Å². The van der Waals surface area contributed by atoms with Gasteiger partial charge < -0.3 is 5.11 Å². The highest BCUT2D eigenvalue weighted by Gasteiger charge is 2.49. The number of ketones is 1. The molecule has 1 N–H and O–H groups in total. The molecule has 1 aliphatic rings. The van der Waals surface area contributed by atoms with Crippen molar-refractivity contribution in [1.29, 1.82) is 0 Å². The van der Waals surface area contributed by atoms with Gasteiger partial charge in [0.05, 0.1) is 11.1 Å². The van der Waals surface area contributed by atoms with Gasteiger partial charge in [-0.25, -0.2) is 9.37 Å². The van der Waals surface area contributed by atoms with E-state index in [1.807, 2.05) is 31.2 Å². The highest BCUT2D eigenvalue weighted by molar-refractivity contribution is 7.15. The van der Waals surface area contributed by atoms with Crippen molar-refractivity contribution in [2.24, 2.45) is 0 Å². The molecular formula is C22H20FNO2S. The third-order valence-electron chi connectivity index (χ3n) is 5.54. The monoisotopic (exact) mass is 381 g/mol. The Hall–Kier alpha value is -2.37. The fourth-order valence-electron chi connectivity index (χ4n) is 4.08. The van der Waals surface area contributed by atoms with Gasteiger partial charge in [-0.15, -0.1) is 11.3 Å². The van der Waals surface area contributed by atoms with Crippen LogP contribution in [0.2, 0.25) is 0 Å². The van der Waals surface area contributed by atoms with Crippen LogP contribution in [0.25, 0.3) is 10.6 Å². The number of halogens is 1. The van der Waals surface area contributed by atoms with Crippen molar-refractivity contribution < 1.29 is 14.3 Å². The molecule has 0 unspecified atom stereocenters. The molecule has 0 saturated carbocycles. The molecule has 0 amide bonds. The third kappa shape index (κ3) is 2.65. The molecule has 2 aromatic carbocycles. The second kappa shape index (κ2) is 6.66. The summed E-state index contributed by atoms with van der Waals surface area (Å²) in [4.78, 5) is 18.6. The quantitative estimate of drug-likeness (QED) is 0.731. The summed E-state index contributed by atoms with van der Waals surface area (Å²) in [5.41, 5.74) is 3.11. The first-order valence-electron chi connectivity index (χ1n) is 8.95. The predicted molar refractivity (Wildman–Crippen MR) is 105 cm³/mol. The van der Waals surface area contributed by atoms with Gasteiger partial charge in [0.2, 0.25) is 0 Å². The van der Waals surface area contributed by atoms with Crippen molar-refractivity contribution in [1.82, 2.24) is 4.98 Å². The molecule has 0 bridgehead atoms. The fourth-order valence-corrected chi connectivity index (χ4v) is 5.53. The second-order valence-electron chi connectivity index (χ2n) is 7.01. The van der Waals surface area contributed by atoms with Crippen LogP contribution in [-0.4, -0.2) is 22.5 Å². The number of carbonyl (C=O) groups is 1. The number of nitrogens with zero attached hydrogens (tertiary/aromatic N) is 1. The number of aromatic nitrogens is 1. The summed E-state index contributed by atoms with van der Waals surface area (Å²) in [6, 6.07) is 12.8. The molecule has 0 fully saturated rings. The topological polar surface area (TPSA) is 50.2 Å². The average Bonchev–Trinajstić information content (AvgIpc) is 3.24. The van der Waals surface area contributed by atoms with E-state index in [-0.39, 0.29) is 11.6 Å². The third-order valence-corrected chi connectivity index (χ3v) is 6.84. The molecule has 27 heavy (non-hydrogen) atoms. The molecule has 138 valence electrons. The van der Waals surface area contributed by atoms with E-state index in [9.17, 15) is 14.3 Å². The average molecular weight is 381 g/mol. The van der Waals surface area contributed by atoms with Gasteiger partial charge in [-0.05, 0) is 49.4 Å². The number of thiazole rings is 1. The summed E-state index contributed by atoms with van der Waals surface area (Å²) >= 11 is 1.48. The van der Waals surface area contributed by atoms with Gasteiger partial charge in [-0.2, -0.15) is 0 Å². The van der Waals surface area contributed by atoms with E-state index in [2.05, 4.69) is 0 Å². The lowest BCUT2D eigenvalue weighted by Crippen LogP contribution is -2.37. The van der Waals surface area contributed by atoms with Crippen molar-refractivity contribution in [3.8, 4) is 10.6 Å². The number of aliphatic hydroxyl groups is 1. The summed E-state index contributed by atoms with van der Waals surface area (Å²) < 4.78 is 14.3. The van der Waals surface area contributed by atoms with Gasteiger partial charge in [-0.1, -0.05) is 36.4 Å². The van der Waals surface area contributed by atoms with E-state index in [1.54, 1.807) is 19.1 Å². The van der Waals surface area contributed by atoms with Crippen LogP contribution < -0.4 is 0 Å². The van der Waals surface area contributed by atoms with E-state index >= 15 is 0 Å². The van der Waals surface area contributed by atoms with Crippen LogP contribution in [0.1, 0.15) is 33.7 Å². The van der Waals surface area contributed by atoms with Crippen LogP contribution in [0.4, 0.5) is 4.39 Å².